The first-order valence-electron chi connectivity index (χ1n) is 7.46. The Hall–Kier alpha value is 1.14. The summed E-state index contributed by atoms with van der Waals surface area (Å²) in [5.41, 5.74) is 2.32. The number of rotatable bonds is 0. The zero-order valence-electron chi connectivity index (χ0n) is 11.6. The van der Waals surface area contributed by atoms with Gasteiger partial charge in [-0.25, -0.2) is 0 Å². The van der Waals surface area contributed by atoms with Crippen LogP contribution in [0.5, 0.6) is 0 Å². The highest BCUT2D eigenvalue weighted by molar-refractivity contribution is 8.22. The Morgan fingerprint density at radius 1 is 0.895 bits per heavy atom. The van der Waals surface area contributed by atoms with E-state index in [1.165, 1.54) is 55.1 Å². The van der Waals surface area contributed by atoms with Crippen LogP contribution in [0.4, 0.5) is 0 Å². The highest BCUT2D eigenvalue weighted by atomic mass is 32.2. The number of fused-ring (bicyclic) bond motifs is 2. The third-order valence-electron chi connectivity index (χ3n) is 5.40. The highest BCUT2D eigenvalue weighted by Crippen LogP contribution is 2.68. The van der Waals surface area contributed by atoms with Crippen LogP contribution in [0.15, 0.2) is 11.6 Å². The first kappa shape index (κ1) is 13.8. The van der Waals surface area contributed by atoms with Crippen molar-refractivity contribution in [3.8, 4) is 0 Å². The first-order valence-corrected chi connectivity index (χ1v) is 11.4. The van der Waals surface area contributed by atoms with Crippen LogP contribution in [0.25, 0.3) is 0 Å². The zero-order chi connectivity index (χ0) is 13.0. The fraction of sp³-hybridized carbons (Fsp3) is 0.867. The molecule has 2 spiro atoms. The maximum atomic E-state index is 2.74. The van der Waals surface area contributed by atoms with E-state index in [4.69, 9.17) is 0 Å². The third kappa shape index (κ3) is 1.99. The average Bonchev–Trinajstić information content (AvgIpc) is 3.04. The predicted molar refractivity (Wildman–Crippen MR) is 94.6 cm³/mol. The van der Waals surface area contributed by atoms with E-state index in [0.717, 1.165) is 0 Å². The van der Waals surface area contributed by atoms with E-state index in [0.29, 0.717) is 13.6 Å². The zero-order valence-corrected chi connectivity index (χ0v) is 14.8. The van der Waals surface area contributed by atoms with E-state index in [1.807, 2.05) is 5.57 Å². The molecule has 1 saturated carbocycles. The molecule has 4 rings (SSSR count). The minimum atomic E-state index is 0.474. The predicted octanol–water partition coefficient (Wildman–Crippen LogP) is 5.25. The summed E-state index contributed by atoms with van der Waals surface area (Å²) in [6.07, 6.45) is 9.82. The Labute approximate surface area is 134 Å². The summed E-state index contributed by atoms with van der Waals surface area (Å²) < 4.78 is 1.01. The molecule has 2 heterocycles. The van der Waals surface area contributed by atoms with Crippen molar-refractivity contribution in [3.05, 3.63) is 11.6 Å². The van der Waals surface area contributed by atoms with Crippen LogP contribution in [0, 0.1) is 5.41 Å². The highest BCUT2D eigenvalue weighted by Gasteiger charge is 2.57. The summed E-state index contributed by atoms with van der Waals surface area (Å²) in [5, 5.41) is 0. The van der Waals surface area contributed by atoms with Gasteiger partial charge in [-0.2, -0.15) is 0 Å². The summed E-state index contributed by atoms with van der Waals surface area (Å²) in [6, 6.07) is 0. The summed E-state index contributed by atoms with van der Waals surface area (Å²) in [5.74, 6) is 5.48. The summed E-state index contributed by atoms with van der Waals surface area (Å²) in [6.45, 7) is 2.60. The quantitative estimate of drug-likeness (QED) is 0.556. The maximum Gasteiger partial charge on any atom is 0.0795 e. The molecule has 106 valence electrons. The molecule has 19 heavy (non-hydrogen) atoms. The molecule has 0 aromatic carbocycles. The lowest BCUT2D eigenvalue weighted by atomic mass is 9.65. The minimum absolute atomic E-state index is 0.474. The van der Waals surface area contributed by atoms with Gasteiger partial charge in [-0.1, -0.05) is 18.6 Å². The van der Waals surface area contributed by atoms with Crippen LogP contribution in [-0.4, -0.2) is 31.2 Å². The van der Waals surface area contributed by atoms with E-state index >= 15 is 0 Å². The fourth-order valence-electron chi connectivity index (χ4n) is 4.27. The van der Waals surface area contributed by atoms with E-state index in [1.54, 1.807) is 0 Å². The minimum Gasteiger partial charge on any atom is -0.142 e. The SMILES string of the molecule is C[C@@]12CCC3(C=C1CCCC21SCCS1)SCCS3. The molecule has 2 aliphatic heterocycles. The second-order valence-corrected chi connectivity index (χ2v) is 12.5. The molecule has 4 aliphatic rings. The average molecular weight is 331 g/mol. The normalized spacial score (nSPS) is 39.5. The molecule has 3 fully saturated rings. The van der Waals surface area contributed by atoms with Gasteiger partial charge in [0.1, 0.15) is 0 Å². The Balaban J connectivity index is 1.73. The summed E-state index contributed by atoms with van der Waals surface area (Å²) in [4.78, 5) is 0. The van der Waals surface area contributed by atoms with Gasteiger partial charge in [0.2, 0.25) is 0 Å². The molecule has 2 saturated heterocycles. The molecule has 1 atom stereocenters. The van der Waals surface area contributed by atoms with Crippen LogP contribution in [0.2, 0.25) is 0 Å². The van der Waals surface area contributed by atoms with E-state index in [9.17, 15) is 0 Å². The second-order valence-electron chi connectivity index (χ2n) is 6.31. The maximum absolute atomic E-state index is 2.74. The molecule has 0 N–H and O–H groups in total. The molecule has 0 bridgehead atoms. The third-order valence-corrected chi connectivity index (χ3v) is 12.8. The molecular weight excluding hydrogens is 308 g/mol. The van der Waals surface area contributed by atoms with Gasteiger partial charge < -0.3 is 0 Å². The van der Waals surface area contributed by atoms with Crippen LogP contribution in [0.3, 0.4) is 0 Å². The Bertz CT molecular complexity index is 404. The van der Waals surface area contributed by atoms with Gasteiger partial charge in [0.05, 0.1) is 8.16 Å². The number of hydrogen-bond acceptors (Lipinski definition) is 4. The monoisotopic (exact) mass is 330 g/mol. The fourth-order valence-corrected chi connectivity index (χ4v) is 11.2. The van der Waals surface area contributed by atoms with Crippen LogP contribution in [-0.2, 0) is 0 Å². The van der Waals surface area contributed by atoms with E-state index in [2.05, 4.69) is 60.0 Å². The molecule has 0 radical (unpaired) electrons. The topological polar surface area (TPSA) is 0 Å². The molecular formula is C15H22S4. The van der Waals surface area contributed by atoms with Crippen molar-refractivity contribution in [2.75, 3.05) is 23.0 Å². The molecule has 0 aromatic heterocycles. The largest absolute Gasteiger partial charge is 0.142 e. The van der Waals surface area contributed by atoms with Crippen LogP contribution in [0.1, 0.15) is 39.0 Å². The number of thioether (sulfide) groups is 4. The van der Waals surface area contributed by atoms with Crippen molar-refractivity contribution in [1.29, 1.82) is 0 Å². The summed E-state index contributed by atoms with van der Waals surface area (Å²) in [7, 11) is 0. The number of hydrogen-bond donors (Lipinski definition) is 0. The van der Waals surface area contributed by atoms with Crippen molar-refractivity contribution in [3.63, 3.8) is 0 Å². The van der Waals surface area contributed by atoms with Crippen molar-refractivity contribution in [1.82, 2.24) is 0 Å². The van der Waals surface area contributed by atoms with E-state index in [-0.39, 0.29) is 0 Å². The molecule has 4 heteroatoms. The Morgan fingerprint density at radius 3 is 2.32 bits per heavy atom. The molecule has 0 aromatic rings. The van der Waals surface area contributed by atoms with Crippen LogP contribution >= 0.6 is 47.0 Å². The van der Waals surface area contributed by atoms with Gasteiger partial charge in [-0.3, -0.25) is 0 Å². The van der Waals surface area contributed by atoms with Gasteiger partial charge in [0.25, 0.3) is 0 Å². The van der Waals surface area contributed by atoms with Crippen LogP contribution < -0.4 is 0 Å². The van der Waals surface area contributed by atoms with Gasteiger partial charge >= 0.3 is 0 Å². The van der Waals surface area contributed by atoms with Gasteiger partial charge in [-0.05, 0) is 32.1 Å². The lowest BCUT2D eigenvalue weighted by Gasteiger charge is -2.54. The van der Waals surface area contributed by atoms with Gasteiger partial charge in [0, 0.05) is 28.4 Å². The summed E-state index contributed by atoms with van der Waals surface area (Å²) >= 11 is 9.03. The lowest BCUT2D eigenvalue weighted by Crippen LogP contribution is -2.47. The standard InChI is InChI=1S/C15H22S4/c1-13-5-6-14(16-7-8-17-14)11-12(13)3-2-4-15(13)18-9-10-19-15/h11H,2-10H2,1H3/t13-/m1/s1. The Morgan fingerprint density at radius 2 is 1.58 bits per heavy atom. The number of allylic oxidation sites excluding steroid dienone is 1. The molecule has 0 nitrogen and oxygen atoms in total. The smallest absolute Gasteiger partial charge is 0.0795 e. The first-order chi connectivity index (χ1) is 9.18. The molecule has 2 aliphatic carbocycles. The van der Waals surface area contributed by atoms with Crippen molar-refractivity contribution >= 4 is 47.0 Å². The molecule has 0 amide bonds. The van der Waals surface area contributed by atoms with Crippen molar-refractivity contribution in [2.24, 2.45) is 5.41 Å². The van der Waals surface area contributed by atoms with Crippen molar-refractivity contribution in [2.45, 2.75) is 47.2 Å². The van der Waals surface area contributed by atoms with Crippen molar-refractivity contribution < 1.29 is 0 Å². The van der Waals surface area contributed by atoms with E-state index < -0.39 is 0 Å². The van der Waals surface area contributed by atoms with Gasteiger partial charge in [-0.15, -0.1) is 47.0 Å². The molecule has 0 unspecified atom stereocenters. The lowest BCUT2D eigenvalue weighted by molar-refractivity contribution is 0.253. The second kappa shape index (κ2) is 4.82. The van der Waals surface area contributed by atoms with Gasteiger partial charge in [0.15, 0.2) is 0 Å². The Kier molecular flexibility index (Phi) is 3.50.